The van der Waals surface area contributed by atoms with Crippen LogP contribution in [-0.2, 0) is 4.79 Å². The van der Waals surface area contributed by atoms with Crippen molar-refractivity contribution in [3.05, 3.63) is 22.7 Å². The molecule has 1 aromatic carbocycles. The molecule has 5 heteroatoms. The predicted octanol–water partition coefficient (Wildman–Crippen LogP) is 1.18. The number of fused-ring (bicyclic) bond motifs is 1. The van der Waals surface area contributed by atoms with Gasteiger partial charge in [-0.2, -0.15) is 0 Å². The Morgan fingerprint density at radius 3 is 2.88 bits per heavy atom. The maximum Gasteiger partial charge on any atom is 0.246 e. The Kier molecular flexibility index (Phi) is 2.37. The number of amides is 1. The standard InChI is InChI=1S/C11H12BrN3O/c12-7-1-2-9-10(3-7)15(8-4-13-5-8)11(16)6-14-9/h1-3,8,13-14H,4-6H2. The van der Waals surface area contributed by atoms with Gasteiger partial charge in [-0.05, 0) is 18.2 Å². The Hall–Kier alpha value is -1.07. The molecule has 0 atom stereocenters. The molecule has 3 rings (SSSR count). The molecule has 2 aliphatic rings. The van der Waals surface area contributed by atoms with Gasteiger partial charge in [-0.1, -0.05) is 15.9 Å². The number of hydrogen-bond donors (Lipinski definition) is 2. The summed E-state index contributed by atoms with van der Waals surface area (Å²) in [5.74, 6) is 0.150. The second-order valence-corrected chi connectivity index (χ2v) is 5.01. The fourth-order valence-corrected chi connectivity index (χ4v) is 2.45. The Balaban J connectivity index is 2.04. The van der Waals surface area contributed by atoms with Crippen molar-refractivity contribution >= 4 is 33.2 Å². The summed E-state index contributed by atoms with van der Waals surface area (Å²) in [6.45, 7) is 2.17. The van der Waals surface area contributed by atoms with Crippen LogP contribution in [0.25, 0.3) is 0 Å². The summed E-state index contributed by atoms with van der Waals surface area (Å²) in [5.41, 5.74) is 2.02. The van der Waals surface area contributed by atoms with E-state index < -0.39 is 0 Å². The maximum atomic E-state index is 11.9. The van der Waals surface area contributed by atoms with Crippen LogP contribution in [0, 0.1) is 0 Å². The third-order valence-corrected chi connectivity index (χ3v) is 3.54. The first-order valence-corrected chi connectivity index (χ1v) is 6.11. The molecule has 2 aliphatic heterocycles. The molecule has 4 nitrogen and oxygen atoms in total. The quantitative estimate of drug-likeness (QED) is 0.813. The zero-order valence-electron chi connectivity index (χ0n) is 8.66. The molecule has 2 heterocycles. The van der Waals surface area contributed by atoms with Crippen molar-refractivity contribution in [1.82, 2.24) is 5.32 Å². The lowest BCUT2D eigenvalue weighted by Gasteiger charge is -2.41. The van der Waals surface area contributed by atoms with Crippen molar-refractivity contribution in [2.45, 2.75) is 6.04 Å². The van der Waals surface area contributed by atoms with Gasteiger partial charge in [0.1, 0.15) is 0 Å². The van der Waals surface area contributed by atoms with E-state index in [1.54, 1.807) is 0 Å². The predicted molar refractivity (Wildman–Crippen MR) is 66.8 cm³/mol. The highest BCUT2D eigenvalue weighted by Crippen LogP contribution is 2.34. The molecule has 16 heavy (non-hydrogen) atoms. The Labute approximate surface area is 102 Å². The second-order valence-electron chi connectivity index (χ2n) is 4.09. The van der Waals surface area contributed by atoms with Gasteiger partial charge in [0.15, 0.2) is 0 Å². The zero-order chi connectivity index (χ0) is 11.1. The van der Waals surface area contributed by atoms with E-state index in [4.69, 9.17) is 0 Å². The number of carbonyl (C=O) groups excluding carboxylic acids is 1. The van der Waals surface area contributed by atoms with Gasteiger partial charge in [0.2, 0.25) is 5.91 Å². The first-order valence-electron chi connectivity index (χ1n) is 5.32. The van der Waals surface area contributed by atoms with E-state index in [-0.39, 0.29) is 5.91 Å². The van der Waals surface area contributed by atoms with Crippen molar-refractivity contribution in [3.8, 4) is 0 Å². The largest absolute Gasteiger partial charge is 0.374 e. The minimum absolute atomic E-state index is 0.150. The fourth-order valence-electron chi connectivity index (χ4n) is 2.10. The molecule has 1 amide bonds. The lowest BCUT2D eigenvalue weighted by Crippen LogP contribution is -2.61. The number of benzene rings is 1. The van der Waals surface area contributed by atoms with Crippen LogP contribution >= 0.6 is 15.9 Å². The van der Waals surface area contributed by atoms with Gasteiger partial charge < -0.3 is 15.5 Å². The number of nitrogens with zero attached hydrogens (tertiary/aromatic N) is 1. The van der Waals surface area contributed by atoms with Crippen LogP contribution in [-0.4, -0.2) is 31.6 Å². The molecule has 2 N–H and O–H groups in total. The Bertz CT molecular complexity index is 445. The lowest BCUT2D eigenvalue weighted by molar-refractivity contribution is -0.117. The number of carbonyl (C=O) groups is 1. The van der Waals surface area contributed by atoms with Crippen molar-refractivity contribution in [3.63, 3.8) is 0 Å². The van der Waals surface area contributed by atoms with Gasteiger partial charge in [-0.3, -0.25) is 4.79 Å². The molecule has 0 aromatic heterocycles. The SMILES string of the molecule is O=C1CNc2ccc(Br)cc2N1C1CNC1. The topological polar surface area (TPSA) is 44.4 Å². The van der Waals surface area contributed by atoms with Crippen LogP contribution in [0.2, 0.25) is 0 Å². The summed E-state index contributed by atoms with van der Waals surface area (Å²) in [5, 5.41) is 6.34. The first-order chi connectivity index (χ1) is 7.75. The minimum Gasteiger partial charge on any atom is -0.374 e. The van der Waals surface area contributed by atoms with E-state index in [1.165, 1.54) is 0 Å². The van der Waals surface area contributed by atoms with Crippen molar-refractivity contribution < 1.29 is 4.79 Å². The summed E-state index contributed by atoms with van der Waals surface area (Å²) in [7, 11) is 0. The van der Waals surface area contributed by atoms with E-state index >= 15 is 0 Å². The monoisotopic (exact) mass is 281 g/mol. The van der Waals surface area contributed by atoms with E-state index in [2.05, 4.69) is 26.6 Å². The van der Waals surface area contributed by atoms with Crippen LogP contribution in [0.5, 0.6) is 0 Å². The molecule has 0 unspecified atom stereocenters. The van der Waals surface area contributed by atoms with Crippen LogP contribution < -0.4 is 15.5 Å². The van der Waals surface area contributed by atoms with E-state index in [1.807, 2.05) is 23.1 Å². The van der Waals surface area contributed by atoms with Gasteiger partial charge in [0, 0.05) is 17.6 Å². The average Bonchev–Trinajstić information content (AvgIpc) is 2.20. The van der Waals surface area contributed by atoms with Gasteiger partial charge in [-0.25, -0.2) is 0 Å². The van der Waals surface area contributed by atoms with Crippen molar-refractivity contribution in [2.24, 2.45) is 0 Å². The number of rotatable bonds is 1. The van der Waals surface area contributed by atoms with Crippen LogP contribution in [0.4, 0.5) is 11.4 Å². The smallest absolute Gasteiger partial charge is 0.246 e. The summed E-state index contributed by atoms with van der Waals surface area (Å²) >= 11 is 3.45. The van der Waals surface area contributed by atoms with Crippen LogP contribution in [0.15, 0.2) is 22.7 Å². The molecule has 1 fully saturated rings. The molecule has 1 saturated heterocycles. The first kappa shape index (κ1) is 10.1. The lowest BCUT2D eigenvalue weighted by atomic mass is 10.1. The number of anilines is 2. The zero-order valence-corrected chi connectivity index (χ0v) is 10.3. The number of halogens is 1. The Morgan fingerprint density at radius 1 is 1.38 bits per heavy atom. The second kappa shape index (κ2) is 3.75. The van der Waals surface area contributed by atoms with Gasteiger partial charge >= 0.3 is 0 Å². The third kappa shape index (κ3) is 1.51. The highest BCUT2D eigenvalue weighted by atomic mass is 79.9. The summed E-state index contributed by atoms with van der Waals surface area (Å²) in [6.07, 6.45) is 0. The Morgan fingerprint density at radius 2 is 2.19 bits per heavy atom. The highest BCUT2D eigenvalue weighted by Gasteiger charge is 2.33. The average molecular weight is 282 g/mol. The van der Waals surface area contributed by atoms with Crippen molar-refractivity contribution in [2.75, 3.05) is 29.9 Å². The summed E-state index contributed by atoms with van der Waals surface area (Å²) in [4.78, 5) is 13.8. The van der Waals surface area contributed by atoms with E-state index in [0.29, 0.717) is 12.6 Å². The minimum atomic E-state index is 0.150. The number of nitrogens with one attached hydrogen (secondary N) is 2. The molecular formula is C11H12BrN3O. The molecule has 0 aliphatic carbocycles. The molecule has 0 bridgehead atoms. The fraction of sp³-hybridized carbons (Fsp3) is 0.364. The molecular weight excluding hydrogens is 270 g/mol. The molecule has 0 radical (unpaired) electrons. The summed E-state index contributed by atoms with van der Waals surface area (Å²) < 4.78 is 1.00. The van der Waals surface area contributed by atoms with Crippen LogP contribution in [0.3, 0.4) is 0 Å². The normalized spacial score (nSPS) is 20.1. The molecule has 0 spiro atoms. The van der Waals surface area contributed by atoms with E-state index in [0.717, 1.165) is 28.9 Å². The van der Waals surface area contributed by atoms with Crippen molar-refractivity contribution in [1.29, 1.82) is 0 Å². The van der Waals surface area contributed by atoms with Gasteiger partial charge in [0.25, 0.3) is 0 Å². The van der Waals surface area contributed by atoms with E-state index in [9.17, 15) is 4.79 Å². The third-order valence-electron chi connectivity index (χ3n) is 3.04. The van der Waals surface area contributed by atoms with Gasteiger partial charge in [-0.15, -0.1) is 0 Å². The molecule has 0 saturated carbocycles. The molecule has 84 valence electrons. The molecule has 1 aromatic rings. The highest BCUT2D eigenvalue weighted by molar-refractivity contribution is 9.10. The summed E-state index contributed by atoms with van der Waals surface area (Å²) in [6, 6.07) is 6.30. The number of hydrogen-bond acceptors (Lipinski definition) is 3. The van der Waals surface area contributed by atoms with Crippen LogP contribution in [0.1, 0.15) is 0 Å². The van der Waals surface area contributed by atoms with Gasteiger partial charge in [0.05, 0.1) is 24.0 Å². The maximum absolute atomic E-state index is 11.9.